The molecule has 7 nitrogen and oxygen atoms in total. The van der Waals surface area contributed by atoms with Gasteiger partial charge >= 0.3 is 0 Å². The number of piperidine rings is 1. The highest BCUT2D eigenvalue weighted by Crippen LogP contribution is 2.31. The second-order valence-corrected chi connectivity index (χ2v) is 7.02. The Morgan fingerprint density at radius 2 is 1.57 bits per heavy atom. The predicted molar refractivity (Wildman–Crippen MR) is 114 cm³/mol. The number of likely N-dealkylation sites (tertiary alicyclic amines) is 1. The van der Waals surface area contributed by atoms with Gasteiger partial charge in [-0.25, -0.2) is 0 Å². The molecule has 1 saturated heterocycles. The van der Waals surface area contributed by atoms with Crippen molar-refractivity contribution in [2.45, 2.75) is 19.8 Å². The second-order valence-electron chi connectivity index (χ2n) is 7.02. The molecule has 0 spiro atoms. The summed E-state index contributed by atoms with van der Waals surface area (Å²) < 4.78 is 16.3. The molecular formula is C23H28N2O5. The largest absolute Gasteiger partial charge is 0.496 e. The van der Waals surface area contributed by atoms with Crippen molar-refractivity contribution in [3.63, 3.8) is 0 Å². The van der Waals surface area contributed by atoms with E-state index in [1.165, 1.54) is 14.2 Å². The third-order valence-electron chi connectivity index (χ3n) is 5.24. The number of methoxy groups -OCH3 is 2. The van der Waals surface area contributed by atoms with Crippen LogP contribution in [0.25, 0.3) is 0 Å². The highest BCUT2D eigenvalue weighted by atomic mass is 16.5. The minimum absolute atomic E-state index is 0.0517. The van der Waals surface area contributed by atoms with Gasteiger partial charge in [-0.3, -0.25) is 9.59 Å². The van der Waals surface area contributed by atoms with Crippen LogP contribution in [-0.4, -0.2) is 50.6 Å². The topological polar surface area (TPSA) is 77.1 Å². The standard InChI is InChI=1S/C23H28N2O5/c1-4-30-18-9-6-5-8-17(18)24-22(26)16-12-14-25(15-13-16)23(27)21-19(28-2)10-7-11-20(21)29-3/h5-11,16H,4,12-15H2,1-3H3,(H,24,26). The van der Waals surface area contributed by atoms with E-state index >= 15 is 0 Å². The van der Waals surface area contributed by atoms with E-state index in [-0.39, 0.29) is 17.7 Å². The molecule has 1 aliphatic heterocycles. The van der Waals surface area contributed by atoms with Gasteiger partial charge in [0.15, 0.2) is 0 Å². The van der Waals surface area contributed by atoms with Gasteiger partial charge in [0.05, 0.1) is 26.5 Å². The molecule has 2 amide bonds. The summed E-state index contributed by atoms with van der Waals surface area (Å²) in [6, 6.07) is 12.7. The van der Waals surface area contributed by atoms with Crippen molar-refractivity contribution < 1.29 is 23.8 Å². The third kappa shape index (κ3) is 4.67. The van der Waals surface area contributed by atoms with Crippen molar-refractivity contribution in [3.05, 3.63) is 48.0 Å². The molecule has 2 aromatic carbocycles. The second kappa shape index (κ2) is 10.0. The molecule has 160 valence electrons. The van der Waals surface area contributed by atoms with Gasteiger partial charge in [0.1, 0.15) is 22.8 Å². The number of carbonyl (C=O) groups excluding carboxylic acids is 2. The van der Waals surface area contributed by atoms with Gasteiger partial charge in [0, 0.05) is 19.0 Å². The van der Waals surface area contributed by atoms with Crippen molar-refractivity contribution in [3.8, 4) is 17.2 Å². The molecule has 1 fully saturated rings. The summed E-state index contributed by atoms with van der Waals surface area (Å²) in [5, 5.41) is 2.97. The highest BCUT2D eigenvalue weighted by molar-refractivity contribution is 6.00. The molecular weight excluding hydrogens is 384 g/mol. The number of nitrogens with one attached hydrogen (secondary N) is 1. The van der Waals surface area contributed by atoms with Crippen molar-refractivity contribution in [2.24, 2.45) is 5.92 Å². The van der Waals surface area contributed by atoms with Crippen LogP contribution in [0.2, 0.25) is 0 Å². The zero-order valence-electron chi connectivity index (χ0n) is 17.6. The molecule has 30 heavy (non-hydrogen) atoms. The van der Waals surface area contributed by atoms with Crippen molar-refractivity contribution in [1.29, 1.82) is 0 Å². The Kier molecular flexibility index (Phi) is 7.17. The van der Waals surface area contributed by atoms with Crippen LogP contribution in [0.3, 0.4) is 0 Å². The Balaban J connectivity index is 1.64. The van der Waals surface area contributed by atoms with Gasteiger partial charge in [-0.05, 0) is 44.0 Å². The molecule has 1 heterocycles. The van der Waals surface area contributed by atoms with Crippen LogP contribution in [0, 0.1) is 5.92 Å². The van der Waals surface area contributed by atoms with Crippen LogP contribution >= 0.6 is 0 Å². The number of para-hydroxylation sites is 2. The van der Waals surface area contributed by atoms with Crippen molar-refractivity contribution in [2.75, 3.05) is 39.2 Å². The number of amides is 2. The summed E-state index contributed by atoms with van der Waals surface area (Å²) in [4.78, 5) is 27.6. The number of benzene rings is 2. The SMILES string of the molecule is CCOc1ccccc1NC(=O)C1CCN(C(=O)c2c(OC)cccc2OC)CC1. The Morgan fingerprint density at radius 1 is 0.967 bits per heavy atom. The summed E-state index contributed by atoms with van der Waals surface area (Å²) in [5.74, 6) is 1.25. The summed E-state index contributed by atoms with van der Waals surface area (Å²) in [5.41, 5.74) is 1.08. The first kappa shape index (κ1) is 21.5. The normalized spacial score (nSPS) is 14.2. The van der Waals surface area contributed by atoms with Gasteiger partial charge in [-0.2, -0.15) is 0 Å². The average molecular weight is 412 g/mol. The van der Waals surface area contributed by atoms with Gasteiger partial charge < -0.3 is 24.4 Å². The number of anilines is 1. The molecule has 3 rings (SSSR count). The molecule has 7 heteroatoms. The van der Waals surface area contributed by atoms with E-state index in [4.69, 9.17) is 14.2 Å². The summed E-state index contributed by atoms with van der Waals surface area (Å²) in [7, 11) is 3.06. The third-order valence-corrected chi connectivity index (χ3v) is 5.24. The quantitative estimate of drug-likeness (QED) is 0.752. The molecule has 0 radical (unpaired) electrons. The fourth-order valence-electron chi connectivity index (χ4n) is 3.65. The summed E-state index contributed by atoms with van der Waals surface area (Å²) in [6.45, 7) is 3.41. The van der Waals surface area contributed by atoms with Crippen LogP contribution in [0.15, 0.2) is 42.5 Å². The lowest BCUT2D eigenvalue weighted by Gasteiger charge is -2.32. The zero-order chi connectivity index (χ0) is 21.5. The molecule has 0 bridgehead atoms. The fourth-order valence-corrected chi connectivity index (χ4v) is 3.65. The molecule has 0 aliphatic carbocycles. The Morgan fingerprint density at radius 3 is 2.17 bits per heavy atom. The Hall–Kier alpha value is -3.22. The number of ether oxygens (including phenoxy) is 3. The number of hydrogen-bond acceptors (Lipinski definition) is 5. The molecule has 0 unspecified atom stereocenters. The van der Waals surface area contributed by atoms with E-state index in [2.05, 4.69) is 5.32 Å². The van der Waals surface area contributed by atoms with E-state index in [0.29, 0.717) is 61.0 Å². The maximum absolute atomic E-state index is 13.1. The van der Waals surface area contributed by atoms with Crippen LogP contribution in [0.1, 0.15) is 30.1 Å². The number of rotatable bonds is 7. The minimum Gasteiger partial charge on any atom is -0.496 e. The highest BCUT2D eigenvalue weighted by Gasteiger charge is 2.30. The first-order chi connectivity index (χ1) is 14.6. The Labute approximate surface area is 176 Å². The average Bonchev–Trinajstić information content (AvgIpc) is 2.79. The van der Waals surface area contributed by atoms with Crippen molar-refractivity contribution >= 4 is 17.5 Å². The predicted octanol–water partition coefficient (Wildman–Crippen LogP) is 3.59. The Bertz CT molecular complexity index is 869. The maximum Gasteiger partial charge on any atom is 0.261 e. The van der Waals surface area contributed by atoms with Gasteiger partial charge in [-0.15, -0.1) is 0 Å². The lowest BCUT2D eigenvalue weighted by Crippen LogP contribution is -2.41. The molecule has 1 N–H and O–H groups in total. The fraction of sp³-hybridized carbons (Fsp3) is 0.391. The van der Waals surface area contributed by atoms with E-state index in [0.717, 1.165) is 0 Å². The van der Waals surface area contributed by atoms with E-state index in [1.807, 2.05) is 31.2 Å². The van der Waals surface area contributed by atoms with Crippen LogP contribution in [-0.2, 0) is 4.79 Å². The molecule has 0 saturated carbocycles. The van der Waals surface area contributed by atoms with Crippen LogP contribution in [0.5, 0.6) is 17.2 Å². The smallest absolute Gasteiger partial charge is 0.261 e. The number of hydrogen-bond donors (Lipinski definition) is 1. The summed E-state index contributed by atoms with van der Waals surface area (Å²) in [6.07, 6.45) is 1.18. The lowest BCUT2D eigenvalue weighted by atomic mass is 9.95. The van der Waals surface area contributed by atoms with E-state index < -0.39 is 0 Å². The molecule has 0 aromatic heterocycles. The van der Waals surface area contributed by atoms with Crippen LogP contribution in [0.4, 0.5) is 5.69 Å². The first-order valence-electron chi connectivity index (χ1n) is 10.1. The molecule has 2 aromatic rings. The van der Waals surface area contributed by atoms with E-state index in [1.54, 1.807) is 23.1 Å². The zero-order valence-corrected chi connectivity index (χ0v) is 17.6. The van der Waals surface area contributed by atoms with Gasteiger partial charge in [0.2, 0.25) is 5.91 Å². The molecule has 0 atom stereocenters. The maximum atomic E-state index is 13.1. The summed E-state index contributed by atoms with van der Waals surface area (Å²) >= 11 is 0. The van der Waals surface area contributed by atoms with Crippen LogP contribution < -0.4 is 19.5 Å². The first-order valence-corrected chi connectivity index (χ1v) is 10.1. The lowest BCUT2D eigenvalue weighted by molar-refractivity contribution is -0.121. The number of carbonyl (C=O) groups is 2. The minimum atomic E-state index is -0.164. The van der Waals surface area contributed by atoms with Crippen molar-refractivity contribution in [1.82, 2.24) is 4.90 Å². The monoisotopic (exact) mass is 412 g/mol. The molecule has 1 aliphatic rings. The van der Waals surface area contributed by atoms with Gasteiger partial charge in [-0.1, -0.05) is 18.2 Å². The number of nitrogens with zero attached hydrogens (tertiary/aromatic N) is 1. The van der Waals surface area contributed by atoms with Gasteiger partial charge in [0.25, 0.3) is 5.91 Å². The van der Waals surface area contributed by atoms with E-state index in [9.17, 15) is 9.59 Å².